The zero-order chi connectivity index (χ0) is 17.6. The van der Waals surface area contributed by atoms with Crippen molar-refractivity contribution >= 4 is 17.7 Å². The fraction of sp³-hybridized carbons (Fsp3) is 0.333. The van der Waals surface area contributed by atoms with E-state index in [-0.39, 0.29) is 4.65 Å². The van der Waals surface area contributed by atoms with Crippen LogP contribution in [0.4, 0.5) is 5.82 Å². The summed E-state index contributed by atoms with van der Waals surface area (Å²) in [4.78, 5) is 6.00. The first-order valence-electron chi connectivity index (χ1n) is 8.27. The molecule has 3 heterocycles. The molecule has 1 aromatic heterocycles. The summed E-state index contributed by atoms with van der Waals surface area (Å²) in [5.41, 5.74) is 6.56. The Hall–Kier alpha value is -2.48. The Kier molecular flexibility index (Phi) is 3.72. The molecule has 0 spiro atoms. The number of quaternary nitrogens is 1. The van der Waals surface area contributed by atoms with Crippen LogP contribution in [0.2, 0.25) is 0 Å². The fourth-order valence-electron chi connectivity index (χ4n) is 3.72. The van der Waals surface area contributed by atoms with Gasteiger partial charge in [-0.25, -0.2) is 5.43 Å². The van der Waals surface area contributed by atoms with Crippen molar-refractivity contribution in [2.45, 2.75) is 12.8 Å². The number of allylic oxidation sites excluding steroid dienone is 3. The quantitative estimate of drug-likeness (QED) is 0.634. The lowest BCUT2D eigenvalue weighted by atomic mass is 9.91. The van der Waals surface area contributed by atoms with E-state index in [1.807, 2.05) is 25.3 Å². The molecule has 0 amide bonds. The van der Waals surface area contributed by atoms with Gasteiger partial charge in [-0.05, 0) is 18.4 Å². The molecule has 2 aliphatic heterocycles. The Morgan fingerprint density at radius 3 is 2.88 bits per heavy atom. The van der Waals surface area contributed by atoms with Crippen LogP contribution in [0.15, 0.2) is 41.5 Å². The molecule has 1 N–H and O–H groups in total. The van der Waals surface area contributed by atoms with Crippen molar-refractivity contribution in [3.63, 3.8) is 0 Å². The molecular formula is C18H22N5O2+. The zero-order valence-corrected chi connectivity index (χ0v) is 14.9. The average molecular weight is 340 g/mol. The SMILES string of the molecule is CNN(C)c1nncc2c1=C1C3=C(C=C(OC)[N+]1(OC)C=2)CCC=C3. The van der Waals surface area contributed by atoms with Crippen molar-refractivity contribution in [2.75, 3.05) is 33.3 Å². The van der Waals surface area contributed by atoms with Gasteiger partial charge in [-0.3, -0.25) is 5.01 Å². The molecule has 0 bridgehead atoms. The third kappa shape index (κ3) is 2.10. The molecule has 1 aliphatic carbocycles. The molecule has 1 aromatic rings. The number of nitrogens with zero attached hydrogens (tertiary/aromatic N) is 4. The largest absolute Gasteiger partial charge is 0.452 e. The third-order valence-corrected chi connectivity index (χ3v) is 4.99. The Bertz CT molecular complexity index is 947. The Morgan fingerprint density at radius 2 is 2.16 bits per heavy atom. The Labute approximate surface area is 146 Å². The third-order valence-electron chi connectivity index (χ3n) is 4.99. The summed E-state index contributed by atoms with van der Waals surface area (Å²) in [7, 11) is 7.15. The fourth-order valence-corrected chi connectivity index (χ4v) is 3.72. The summed E-state index contributed by atoms with van der Waals surface area (Å²) >= 11 is 0. The van der Waals surface area contributed by atoms with Gasteiger partial charge in [-0.15, -0.1) is 5.10 Å². The van der Waals surface area contributed by atoms with Crippen molar-refractivity contribution < 1.29 is 14.2 Å². The van der Waals surface area contributed by atoms with Crippen molar-refractivity contribution in [3.05, 3.63) is 51.9 Å². The number of hydrogen-bond donors (Lipinski definition) is 1. The predicted octanol–water partition coefficient (Wildman–Crippen LogP) is 0.433. The van der Waals surface area contributed by atoms with E-state index in [0.29, 0.717) is 0 Å². The van der Waals surface area contributed by atoms with Crippen molar-refractivity contribution in [1.82, 2.24) is 15.6 Å². The van der Waals surface area contributed by atoms with E-state index in [1.54, 1.807) is 20.4 Å². The lowest BCUT2D eigenvalue weighted by molar-refractivity contribution is -0.962. The van der Waals surface area contributed by atoms with Crippen LogP contribution < -0.4 is 20.9 Å². The molecular weight excluding hydrogens is 318 g/mol. The Balaban J connectivity index is 2.15. The topological polar surface area (TPSA) is 59.5 Å². The van der Waals surface area contributed by atoms with E-state index in [9.17, 15) is 0 Å². The normalized spacial score (nSPS) is 23.5. The summed E-state index contributed by atoms with van der Waals surface area (Å²) in [5.74, 6) is 1.49. The van der Waals surface area contributed by atoms with Crippen LogP contribution >= 0.6 is 0 Å². The molecule has 0 fully saturated rings. The minimum absolute atomic E-state index is 0.0763. The zero-order valence-electron chi connectivity index (χ0n) is 14.9. The van der Waals surface area contributed by atoms with E-state index < -0.39 is 0 Å². The number of aromatic nitrogens is 2. The number of hydrogen-bond acceptors (Lipinski definition) is 6. The maximum Gasteiger partial charge on any atom is 0.335 e. The summed E-state index contributed by atoms with van der Waals surface area (Å²) in [6, 6.07) is 0. The minimum atomic E-state index is 0.0763. The van der Waals surface area contributed by atoms with Crippen LogP contribution in [0.25, 0.3) is 11.9 Å². The highest BCUT2D eigenvalue weighted by Gasteiger charge is 2.49. The van der Waals surface area contributed by atoms with Gasteiger partial charge in [0.15, 0.2) is 17.7 Å². The van der Waals surface area contributed by atoms with Gasteiger partial charge < -0.3 is 4.74 Å². The average Bonchev–Trinajstić information content (AvgIpc) is 3.02. The first-order chi connectivity index (χ1) is 12.2. The van der Waals surface area contributed by atoms with Crippen LogP contribution in [-0.2, 0) is 9.57 Å². The molecule has 3 aliphatic rings. The lowest BCUT2D eigenvalue weighted by Crippen LogP contribution is -2.44. The molecule has 130 valence electrons. The molecule has 1 atom stereocenters. The van der Waals surface area contributed by atoms with Crippen molar-refractivity contribution in [3.8, 4) is 0 Å². The predicted molar refractivity (Wildman–Crippen MR) is 94.4 cm³/mol. The van der Waals surface area contributed by atoms with Gasteiger partial charge in [0.25, 0.3) is 0 Å². The van der Waals surface area contributed by atoms with Gasteiger partial charge in [-0.1, -0.05) is 16.8 Å². The van der Waals surface area contributed by atoms with Crippen LogP contribution in [0, 0.1) is 0 Å². The van der Waals surface area contributed by atoms with E-state index in [4.69, 9.17) is 9.57 Å². The maximum atomic E-state index is 6.00. The standard InChI is InChI=1S/C18H22N5O2/c1-19-22(2)18-16-13(10-20-21-18)11-23(25-4)15(24-3)9-12-7-5-6-8-14(12)17(16)23/h6,8-11,19H,5,7H2,1-4H3/q+1. The number of hydrazine groups is 1. The summed E-state index contributed by atoms with van der Waals surface area (Å²) in [6.45, 7) is 0. The number of methoxy groups -OCH3 is 1. The first-order valence-corrected chi connectivity index (χ1v) is 8.27. The van der Waals surface area contributed by atoms with Gasteiger partial charge in [0.1, 0.15) is 5.22 Å². The van der Waals surface area contributed by atoms with Crippen molar-refractivity contribution in [1.29, 1.82) is 0 Å². The number of anilines is 1. The van der Waals surface area contributed by atoms with Crippen molar-refractivity contribution in [2.24, 2.45) is 0 Å². The highest BCUT2D eigenvalue weighted by molar-refractivity contribution is 5.74. The molecule has 1 unspecified atom stereocenters. The second-order valence-corrected chi connectivity index (χ2v) is 6.17. The number of rotatable bonds is 4. The van der Waals surface area contributed by atoms with E-state index in [2.05, 4.69) is 33.9 Å². The minimum Gasteiger partial charge on any atom is -0.452 e. The lowest BCUT2D eigenvalue weighted by Gasteiger charge is -2.34. The first kappa shape index (κ1) is 16.0. The smallest absolute Gasteiger partial charge is 0.335 e. The second kappa shape index (κ2) is 5.80. The van der Waals surface area contributed by atoms with Crippen LogP contribution in [0.1, 0.15) is 12.8 Å². The molecule has 7 heteroatoms. The van der Waals surface area contributed by atoms with Gasteiger partial charge in [-0.2, -0.15) is 9.94 Å². The summed E-state index contributed by atoms with van der Waals surface area (Å²) < 4.78 is 5.81. The summed E-state index contributed by atoms with van der Waals surface area (Å²) in [6.07, 6.45) is 12.3. The Morgan fingerprint density at radius 1 is 1.32 bits per heavy atom. The molecule has 25 heavy (non-hydrogen) atoms. The van der Waals surface area contributed by atoms with Crippen LogP contribution in [0.3, 0.4) is 0 Å². The summed E-state index contributed by atoms with van der Waals surface area (Å²) in [5, 5.41) is 12.4. The molecule has 4 rings (SSSR count). The molecule has 7 nitrogen and oxygen atoms in total. The van der Waals surface area contributed by atoms with E-state index in [0.717, 1.165) is 40.7 Å². The van der Waals surface area contributed by atoms with Crippen LogP contribution in [0.5, 0.6) is 0 Å². The van der Waals surface area contributed by atoms with Gasteiger partial charge in [0.05, 0.1) is 25.6 Å². The van der Waals surface area contributed by atoms with E-state index in [1.165, 1.54) is 11.1 Å². The monoisotopic (exact) mass is 340 g/mol. The second-order valence-electron chi connectivity index (χ2n) is 6.17. The number of fused-ring (bicyclic) bond motifs is 3. The van der Waals surface area contributed by atoms with Gasteiger partial charge in [0.2, 0.25) is 0 Å². The number of nitrogens with one attached hydrogen (secondary N) is 1. The number of ether oxygens (including phenoxy) is 1. The highest BCUT2D eigenvalue weighted by atomic mass is 16.7. The number of hydroxylamine groups is 3. The highest BCUT2D eigenvalue weighted by Crippen LogP contribution is 2.43. The van der Waals surface area contributed by atoms with Crippen LogP contribution in [-0.4, -0.2) is 43.2 Å². The molecule has 0 aromatic carbocycles. The molecule has 0 saturated carbocycles. The van der Waals surface area contributed by atoms with Gasteiger partial charge >= 0.3 is 5.88 Å². The van der Waals surface area contributed by atoms with Gasteiger partial charge in [0, 0.05) is 25.7 Å². The maximum absolute atomic E-state index is 6.00. The van der Waals surface area contributed by atoms with E-state index >= 15 is 0 Å². The molecule has 0 saturated heterocycles. The molecule has 0 radical (unpaired) electrons.